The van der Waals surface area contributed by atoms with Crippen molar-refractivity contribution in [2.24, 2.45) is 0 Å². The molecule has 0 spiro atoms. The fourth-order valence-corrected chi connectivity index (χ4v) is 2.99. The van der Waals surface area contributed by atoms with Crippen molar-refractivity contribution in [2.45, 2.75) is 5.16 Å². The number of Topliss-reactive ketones (excluding diaryl/α,β-unsaturated/α-hetero) is 1. The summed E-state index contributed by atoms with van der Waals surface area (Å²) in [6, 6.07) is 12.6. The summed E-state index contributed by atoms with van der Waals surface area (Å²) in [5.41, 5.74) is 2.24. The Morgan fingerprint density at radius 1 is 1.14 bits per heavy atom. The Balaban J connectivity index is 1.75. The van der Waals surface area contributed by atoms with E-state index in [1.165, 1.54) is 11.8 Å². The first-order valence-corrected chi connectivity index (χ1v) is 7.93. The number of rotatable bonds is 4. The van der Waals surface area contributed by atoms with Gasteiger partial charge in [0, 0.05) is 5.56 Å². The minimum Gasteiger partial charge on any atom is -0.333 e. The van der Waals surface area contributed by atoms with Gasteiger partial charge in [0.2, 0.25) is 0 Å². The lowest BCUT2D eigenvalue weighted by Gasteiger charge is -1.98. The molecule has 0 saturated heterocycles. The molecule has 0 unspecified atom stereocenters. The highest BCUT2D eigenvalue weighted by Gasteiger charge is 2.10. The van der Waals surface area contributed by atoms with Crippen LogP contribution in [0.15, 0.2) is 47.6 Å². The van der Waals surface area contributed by atoms with E-state index in [1.807, 2.05) is 18.2 Å². The molecule has 3 rings (SSSR count). The number of nitrogens with one attached hydrogen (secondary N) is 1. The van der Waals surface area contributed by atoms with Crippen LogP contribution in [-0.4, -0.2) is 21.5 Å². The van der Waals surface area contributed by atoms with E-state index in [-0.39, 0.29) is 5.78 Å². The molecule has 2 aromatic carbocycles. The lowest BCUT2D eigenvalue weighted by atomic mass is 10.2. The van der Waals surface area contributed by atoms with Crippen molar-refractivity contribution in [2.75, 3.05) is 5.75 Å². The van der Waals surface area contributed by atoms with Gasteiger partial charge in [0.15, 0.2) is 10.9 Å². The van der Waals surface area contributed by atoms with Gasteiger partial charge in [-0.05, 0) is 12.1 Å². The summed E-state index contributed by atoms with van der Waals surface area (Å²) >= 11 is 13.3. The molecule has 21 heavy (non-hydrogen) atoms. The van der Waals surface area contributed by atoms with Gasteiger partial charge in [-0.1, -0.05) is 65.3 Å². The standard InChI is InChI=1S/C15H10Cl2N2OS/c16-10-6-12-13(7-11(10)17)19-15(18-12)21-8-14(20)9-4-2-1-3-5-9/h1-7H,8H2,(H,18,19). The smallest absolute Gasteiger partial charge is 0.173 e. The van der Waals surface area contributed by atoms with E-state index in [9.17, 15) is 4.79 Å². The number of thioether (sulfide) groups is 1. The Kier molecular flexibility index (Phi) is 4.19. The normalized spacial score (nSPS) is 11.0. The molecular weight excluding hydrogens is 327 g/mol. The first-order valence-electron chi connectivity index (χ1n) is 6.19. The zero-order valence-electron chi connectivity index (χ0n) is 10.8. The van der Waals surface area contributed by atoms with Crippen LogP contribution in [0.2, 0.25) is 10.0 Å². The first-order chi connectivity index (χ1) is 10.1. The lowest BCUT2D eigenvalue weighted by molar-refractivity contribution is 0.102. The minimum absolute atomic E-state index is 0.0668. The summed E-state index contributed by atoms with van der Waals surface area (Å²) in [6.45, 7) is 0. The number of hydrogen-bond acceptors (Lipinski definition) is 3. The molecular formula is C15H10Cl2N2OS. The Labute approximate surface area is 135 Å². The maximum Gasteiger partial charge on any atom is 0.173 e. The number of imidazole rings is 1. The second-order valence-corrected chi connectivity index (χ2v) is 6.18. The van der Waals surface area contributed by atoms with Crippen LogP contribution in [0.4, 0.5) is 0 Å². The molecule has 106 valence electrons. The highest BCUT2D eigenvalue weighted by molar-refractivity contribution is 7.99. The number of carbonyl (C=O) groups excluding carboxylic acids is 1. The number of hydrogen-bond donors (Lipinski definition) is 1. The highest BCUT2D eigenvalue weighted by Crippen LogP contribution is 2.28. The van der Waals surface area contributed by atoms with E-state index in [0.717, 1.165) is 11.0 Å². The van der Waals surface area contributed by atoms with Crippen molar-refractivity contribution in [3.8, 4) is 0 Å². The van der Waals surface area contributed by atoms with Crippen molar-refractivity contribution in [3.63, 3.8) is 0 Å². The van der Waals surface area contributed by atoms with Gasteiger partial charge >= 0.3 is 0 Å². The zero-order chi connectivity index (χ0) is 14.8. The maximum atomic E-state index is 12.0. The first kappa shape index (κ1) is 14.4. The molecule has 6 heteroatoms. The van der Waals surface area contributed by atoms with Crippen molar-refractivity contribution < 1.29 is 4.79 Å². The topological polar surface area (TPSA) is 45.8 Å². The molecule has 0 aliphatic rings. The molecule has 0 aliphatic heterocycles. The van der Waals surface area contributed by atoms with Crippen molar-refractivity contribution in [1.29, 1.82) is 0 Å². The van der Waals surface area contributed by atoms with Crippen LogP contribution in [0, 0.1) is 0 Å². The van der Waals surface area contributed by atoms with E-state index in [2.05, 4.69) is 9.97 Å². The van der Waals surface area contributed by atoms with Crippen LogP contribution in [-0.2, 0) is 0 Å². The maximum absolute atomic E-state index is 12.0. The second kappa shape index (κ2) is 6.10. The summed E-state index contributed by atoms with van der Waals surface area (Å²) in [5, 5.41) is 1.62. The highest BCUT2D eigenvalue weighted by atomic mass is 35.5. The van der Waals surface area contributed by atoms with E-state index >= 15 is 0 Å². The number of aromatic nitrogens is 2. The summed E-state index contributed by atoms with van der Waals surface area (Å²) in [5.74, 6) is 0.391. The average Bonchev–Trinajstić information content (AvgIpc) is 2.88. The van der Waals surface area contributed by atoms with Gasteiger partial charge < -0.3 is 4.98 Å². The van der Waals surface area contributed by atoms with E-state index < -0.39 is 0 Å². The number of benzene rings is 2. The summed E-state index contributed by atoms with van der Waals surface area (Å²) in [7, 11) is 0. The molecule has 0 amide bonds. The fraction of sp³-hybridized carbons (Fsp3) is 0.0667. The summed E-state index contributed by atoms with van der Waals surface area (Å²) in [6.07, 6.45) is 0. The largest absolute Gasteiger partial charge is 0.333 e. The van der Waals surface area contributed by atoms with Crippen LogP contribution < -0.4 is 0 Å². The van der Waals surface area contributed by atoms with Crippen molar-refractivity contribution in [1.82, 2.24) is 9.97 Å². The molecule has 3 aromatic rings. The molecule has 1 N–H and O–H groups in total. The fourth-order valence-electron chi connectivity index (χ4n) is 1.89. The minimum atomic E-state index is 0.0668. The second-order valence-electron chi connectivity index (χ2n) is 4.40. The van der Waals surface area contributed by atoms with Crippen molar-refractivity contribution in [3.05, 3.63) is 58.1 Å². The van der Waals surface area contributed by atoms with Crippen molar-refractivity contribution >= 4 is 51.8 Å². The third-order valence-corrected chi connectivity index (χ3v) is 4.53. The van der Waals surface area contributed by atoms with Crippen LogP contribution in [0.5, 0.6) is 0 Å². The van der Waals surface area contributed by atoms with Crippen LogP contribution in [0.25, 0.3) is 11.0 Å². The zero-order valence-corrected chi connectivity index (χ0v) is 13.1. The SMILES string of the molecule is O=C(CSc1nc2cc(Cl)c(Cl)cc2[nH]1)c1ccccc1. The van der Waals surface area contributed by atoms with Gasteiger partial charge in [-0.15, -0.1) is 0 Å². The van der Waals surface area contributed by atoms with E-state index in [1.54, 1.807) is 24.3 Å². The summed E-state index contributed by atoms with van der Waals surface area (Å²) < 4.78 is 0. The third kappa shape index (κ3) is 3.23. The molecule has 1 heterocycles. The number of halogens is 2. The number of ketones is 1. The number of carbonyl (C=O) groups is 1. The van der Waals surface area contributed by atoms with Crippen LogP contribution in [0.3, 0.4) is 0 Å². The van der Waals surface area contributed by atoms with E-state index in [4.69, 9.17) is 23.2 Å². The van der Waals surface area contributed by atoms with Gasteiger partial charge in [0.25, 0.3) is 0 Å². The predicted octanol–water partition coefficient (Wildman–Crippen LogP) is 4.84. The number of fused-ring (bicyclic) bond motifs is 1. The van der Waals surface area contributed by atoms with Crippen LogP contribution >= 0.6 is 35.0 Å². The van der Waals surface area contributed by atoms with Gasteiger partial charge in [0.1, 0.15) is 0 Å². The molecule has 0 radical (unpaired) electrons. The summed E-state index contributed by atoms with van der Waals surface area (Å²) in [4.78, 5) is 19.6. The van der Waals surface area contributed by atoms with Gasteiger partial charge in [-0.25, -0.2) is 4.98 Å². The number of H-pyrrole nitrogens is 1. The van der Waals surface area contributed by atoms with E-state index in [0.29, 0.717) is 26.5 Å². The lowest BCUT2D eigenvalue weighted by Crippen LogP contribution is -2.01. The Morgan fingerprint density at radius 3 is 2.62 bits per heavy atom. The molecule has 0 aliphatic carbocycles. The third-order valence-electron chi connectivity index (χ3n) is 2.94. The molecule has 0 bridgehead atoms. The quantitative estimate of drug-likeness (QED) is 0.547. The number of nitrogens with zero attached hydrogens (tertiary/aromatic N) is 1. The van der Waals surface area contributed by atoms with Crippen LogP contribution in [0.1, 0.15) is 10.4 Å². The monoisotopic (exact) mass is 336 g/mol. The predicted molar refractivity (Wildman–Crippen MR) is 87.6 cm³/mol. The Bertz CT molecular complexity index is 763. The molecule has 1 aromatic heterocycles. The molecule has 0 saturated carbocycles. The number of aromatic amines is 1. The Hall–Kier alpha value is -1.49. The van der Waals surface area contributed by atoms with Gasteiger partial charge in [-0.3, -0.25) is 4.79 Å². The Morgan fingerprint density at radius 2 is 1.86 bits per heavy atom. The molecule has 0 fully saturated rings. The van der Waals surface area contributed by atoms with Gasteiger partial charge in [-0.2, -0.15) is 0 Å². The molecule has 0 atom stereocenters. The van der Waals surface area contributed by atoms with Gasteiger partial charge in [0.05, 0.1) is 26.8 Å². The average molecular weight is 337 g/mol. The molecule has 3 nitrogen and oxygen atoms in total.